The number of carbonyl (C=O) groups excluding carboxylic acids is 2. The van der Waals surface area contributed by atoms with Crippen LogP contribution in [0, 0.1) is 6.92 Å². The summed E-state index contributed by atoms with van der Waals surface area (Å²) in [5.74, 6) is -0.737. The van der Waals surface area contributed by atoms with E-state index in [1.165, 1.54) is 4.90 Å². The van der Waals surface area contributed by atoms with Crippen LogP contribution in [0.5, 0.6) is 0 Å². The first-order chi connectivity index (χ1) is 17.7. The second-order valence-corrected chi connectivity index (χ2v) is 9.62. The molecule has 37 heavy (non-hydrogen) atoms. The van der Waals surface area contributed by atoms with E-state index < -0.39 is 17.6 Å². The Morgan fingerprint density at radius 2 is 1.65 bits per heavy atom. The van der Waals surface area contributed by atoms with Crippen molar-refractivity contribution in [3.8, 4) is 0 Å². The highest BCUT2D eigenvalue weighted by Gasteiger charge is 2.31. The molecule has 3 rings (SSSR count). The van der Waals surface area contributed by atoms with E-state index in [0.29, 0.717) is 32.7 Å². The molecular formula is C28H31F3N2O3S. The van der Waals surface area contributed by atoms with Gasteiger partial charge in [0.2, 0.25) is 5.91 Å². The molecule has 0 atom stereocenters. The van der Waals surface area contributed by atoms with Crippen LogP contribution in [-0.4, -0.2) is 47.9 Å². The molecular weight excluding hydrogens is 501 g/mol. The van der Waals surface area contributed by atoms with Crippen LogP contribution in [0.1, 0.15) is 45.3 Å². The van der Waals surface area contributed by atoms with Gasteiger partial charge < -0.3 is 14.5 Å². The Kier molecular flexibility index (Phi) is 10.3. The number of rotatable bonds is 12. The largest absolute Gasteiger partial charge is 0.416 e. The zero-order valence-corrected chi connectivity index (χ0v) is 21.8. The van der Waals surface area contributed by atoms with Crippen LogP contribution < -0.4 is 0 Å². The highest BCUT2D eigenvalue weighted by atomic mass is 32.1. The van der Waals surface area contributed by atoms with Crippen molar-refractivity contribution < 1.29 is 27.5 Å². The molecule has 0 saturated carbocycles. The van der Waals surface area contributed by atoms with Crippen LogP contribution in [0.15, 0.2) is 66.0 Å². The van der Waals surface area contributed by atoms with Gasteiger partial charge in [-0.3, -0.25) is 9.59 Å². The summed E-state index contributed by atoms with van der Waals surface area (Å²) < 4.78 is 44.3. The van der Waals surface area contributed by atoms with Crippen LogP contribution in [0.4, 0.5) is 13.2 Å². The Morgan fingerprint density at radius 3 is 2.24 bits per heavy atom. The number of thiophene rings is 1. The summed E-state index contributed by atoms with van der Waals surface area (Å²) in [5, 5.41) is 1.98. The molecule has 198 valence electrons. The lowest BCUT2D eigenvalue weighted by Crippen LogP contribution is -2.43. The average Bonchev–Trinajstić information content (AvgIpc) is 3.29. The Hall–Kier alpha value is -3.17. The van der Waals surface area contributed by atoms with E-state index >= 15 is 0 Å². The summed E-state index contributed by atoms with van der Waals surface area (Å²) in [6.07, 6.45) is -4.00. The fourth-order valence-electron chi connectivity index (χ4n) is 3.78. The highest BCUT2D eigenvalue weighted by molar-refractivity contribution is 7.10. The molecule has 0 spiro atoms. The maximum atomic E-state index is 13.6. The summed E-state index contributed by atoms with van der Waals surface area (Å²) in [6.45, 7) is 5.61. The predicted molar refractivity (Wildman–Crippen MR) is 138 cm³/mol. The van der Waals surface area contributed by atoms with E-state index in [-0.39, 0.29) is 24.6 Å². The smallest absolute Gasteiger partial charge is 0.382 e. The van der Waals surface area contributed by atoms with Gasteiger partial charge in [0.15, 0.2) is 0 Å². The molecule has 0 unspecified atom stereocenters. The van der Waals surface area contributed by atoms with E-state index in [0.717, 1.165) is 40.3 Å². The van der Waals surface area contributed by atoms with Gasteiger partial charge in [-0.25, -0.2) is 0 Å². The van der Waals surface area contributed by atoms with Crippen molar-refractivity contribution in [2.45, 2.75) is 39.5 Å². The lowest BCUT2D eigenvalue weighted by Gasteiger charge is -2.28. The molecule has 0 N–H and O–H groups in total. The molecule has 0 bridgehead atoms. The molecule has 1 heterocycles. The number of hydrogen-bond donors (Lipinski definition) is 0. The summed E-state index contributed by atoms with van der Waals surface area (Å²) in [7, 11) is 0. The molecule has 1 aromatic heterocycles. The van der Waals surface area contributed by atoms with E-state index in [9.17, 15) is 22.8 Å². The third kappa shape index (κ3) is 8.43. The van der Waals surface area contributed by atoms with Crippen LogP contribution in [0.25, 0.3) is 0 Å². The van der Waals surface area contributed by atoms with E-state index in [1.54, 1.807) is 16.2 Å². The van der Waals surface area contributed by atoms with Gasteiger partial charge in [-0.05, 0) is 67.1 Å². The van der Waals surface area contributed by atoms with Gasteiger partial charge in [-0.15, -0.1) is 11.3 Å². The van der Waals surface area contributed by atoms with Crippen LogP contribution in [0.2, 0.25) is 0 Å². The Labute approximate surface area is 219 Å². The third-order valence-corrected chi connectivity index (χ3v) is 6.87. The van der Waals surface area contributed by atoms with Crippen LogP contribution in [-0.2, 0) is 28.8 Å². The third-order valence-electron chi connectivity index (χ3n) is 5.86. The molecule has 5 nitrogen and oxygen atoms in total. The van der Waals surface area contributed by atoms with Crippen molar-refractivity contribution in [3.63, 3.8) is 0 Å². The number of carbonyl (C=O) groups is 2. The quantitative estimate of drug-likeness (QED) is 0.262. The molecule has 2 aromatic carbocycles. The molecule has 0 radical (unpaired) electrons. The normalized spacial score (nSPS) is 11.4. The highest BCUT2D eigenvalue weighted by Crippen LogP contribution is 2.29. The molecule has 3 aromatic rings. The minimum atomic E-state index is -4.49. The van der Waals surface area contributed by atoms with E-state index in [4.69, 9.17) is 4.74 Å². The van der Waals surface area contributed by atoms with Gasteiger partial charge in [-0.2, -0.15) is 13.2 Å². The Bertz CT molecular complexity index is 1150. The average molecular weight is 533 g/mol. The van der Waals surface area contributed by atoms with Gasteiger partial charge in [-0.1, -0.05) is 30.3 Å². The minimum Gasteiger partial charge on any atom is -0.382 e. The van der Waals surface area contributed by atoms with E-state index in [2.05, 4.69) is 0 Å². The molecule has 0 fully saturated rings. The second-order valence-electron chi connectivity index (χ2n) is 8.61. The summed E-state index contributed by atoms with van der Waals surface area (Å²) in [4.78, 5) is 31.0. The molecule has 9 heteroatoms. The SMILES string of the molecule is CCOCCCN(CC(=O)N(Cc1ccccc1)Cc1sccc1C)C(=O)c1ccc(C(F)(F)F)cc1. The first kappa shape index (κ1) is 28.4. The maximum absolute atomic E-state index is 13.6. The first-order valence-electron chi connectivity index (χ1n) is 12.1. The number of ether oxygens (including phenoxy) is 1. The van der Waals surface area contributed by atoms with Crippen molar-refractivity contribution >= 4 is 23.2 Å². The van der Waals surface area contributed by atoms with Crippen LogP contribution >= 0.6 is 11.3 Å². The molecule has 2 amide bonds. The molecule has 0 aliphatic heterocycles. The van der Waals surface area contributed by atoms with Gasteiger partial charge >= 0.3 is 6.18 Å². The zero-order valence-electron chi connectivity index (χ0n) is 21.0. The fourth-order valence-corrected chi connectivity index (χ4v) is 4.70. The maximum Gasteiger partial charge on any atom is 0.416 e. The summed E-state index contributed by atoms with van der Waals surface area (Å²) in [5.41, 5.74) is 1.32. The van der Waals surface area contributed by atoms with Crippen molar-refractivity contribution in [3.05, 3.63) is 93.2 Å². The van der Waals surface area contributed by atoms with Gasteiger partial charge in [0.1, 0.15) is 6.54 Å². The van der Waals surface area contributed by atoms with Crippen molar-refractivity contribution in [1.29, 1.82) is 0 Å². The van der Waals surface area contributed by atoms with Crippen molar-refractivity contribution in [2.24, 2.45) is 0 Å². The standard InChI is InChI=1S/C28H31F3N2O3S/c1-3-36-16-7-15-32(27(35)23-10-12-24(13-11-23)28(29,30)31)20-26(34)33(18-22-8-5-4-6-9-22)19-25-21(2)14-17-37-25/h4-6,8-14,17H,3,7,15-16,18-20H2,1-2H3. The molecule has 0 aliphatic carbocycles. The lowest BCUT2D eigenvalue weighted by atomic mass is 10.1. The predicted octanol–water partition coefficient (Wildman–Crippen LogP) is 6.17. The monoisotopic (exact) mass is 532 g/mol. The number of amides is 2. The van der Waals surface area contributed by atoms with E-state index in [1.807, 2.05) is 55.6 Å². The number of nitrogens with zero attached hydrogens (tertiary/aromatic N) is 2. The van der Waals surface area contributed by atoms with Crippen molar-refractivity contribution in [2.75, 3.05) is 26.3 Å². The Balaban J connectivity index is 1.81. The topological polar surface area (TPSA) is 49.9 Å². The zero-order chi connectivity index (χ0) is 26.8. The number of alkyl halides is 3. The summed E-state index contributed by atoms with van der Waals surface area (Å²) in [6, 6.07) is 15.7. The van der Waals surface area contributed by atoms with Gasteiger partial charge in [0.25, 0.3) is 5.91 Å². The number of halogens is 3. The lowest BCUT2D eigenvalue weighted by molar-refractivity contribution is -0.137. The first-order valence-corrected chi connectivity index (χ1v) is 13.0. The number of benzene rings is 2. The fraction of sp³-hybridized carbons (Fsp3) is 0.357. The number of hydrogen-bond acceptors (Lipinski definition) is 4. The number of aryl methyl sites for hydroxylation is 1. The summed E-state index contributed by atoms with van der Waals surface area (Å²) >= 11 is 1.57. The second kappa shape index (κ2) is 13.4. The Morgan fingerprint density at radius 1 is 0.946 bits per heavy atom. The minimum absolute atomic E-state index is 0.0981. The van der Waals surface area contributed by atoms with Crippen LogP contribution in [0.3, 0.4) is 0 Å². The molecule has 0 aliphatic rings. The van der Waals surface area contributed by atoms with Gasteiger partial charge in [0, 0.05) is 36.7 Å². The molecule has 0 saturated heterocycles. The van der Waals surface area contributed by atoms with Crippen molar-refractivity contribution in [1.82, 2.24) is 9.80 Å². The van der Waals surface area contributed by atoms with Gasteiger partial charge in [0.05, 0.1) is 12.1 Å².